The molecule has 2 heteroatoms. The number of hydrogen-bond donors (Lipinski definition) is 2. The van der Waals surface area contributed by atoms with E-state index in [-0.39, 0.29) is 0 Å². The molecule has 1 saturated heterocycles. The summed E-state index contributed by atoms with van der Waals surface area (Å²) in [5.74, 6) is 0. The van der Waals surface area contributed by atoms with E-state index in [1.807, 2.05) is 0 Å². The first-order valence-electron chi connectivity index (χ1n) is 4.23. The van der Waals surface area contributed by atoms with Gasteiger partial charge in [0.25, 0.3) is 0 Å². The minimum Gasteiger partial charge on any atom is -0.317 e. The molecule has 0 bridgehead atoms. The molecule has 0 aromatic rings. The second-order valence-corrected chi connectivity index (χ2v) is 3.83. The van der Waals surface area contributed by atoms with Crippen LogP contribution in [-0.2, 0) is 0 Å². The smallest absolute Gasteiger partial charge is 0.00705 e. The van der Waals surface area contributed by atoms with Crippen molar-refractivity contribution in [2.45, 2.75) is 25.3 Å². The van der Waals surface area contributed by atoms with Crippen LogP contribution in [0, 0.1) is 5.41 Å². The van der Waals surface area contributed by atoms with E-state index in [4.69, 9.17) is 0 Å². The summed E-state index contributed by atoms with van der Waals surface area (Å²) < 4.78 is 0. The summed E-state index contributed by atoms with van der Waals surface area (Å²) in [4.78, 5) is 0. The molecule has 1 aliphatic carbocycles. The summed E-state index contributed by atoms with van der Waals surface area (Å²) >= 11 is 0. The van der Waals surface area contributed by atoms with Crippen molar-refractivity contribution < 1.29 is 0 Å². The molecule has 10 heavy (non-hydrogen) atoms. The van der Waals surface area contributed by atoms with Crippen molar-refractivity contribution in [1.82, 2.24) is 10.6 Å². The number of nitrogens with one attached hydrogen (secondary N) is 2. The standard InChI is InChI=1S/C8H16N2/c1-9-7-2-3-8(4-7)5-10-6-8/h7,9-10H,2-6H2,1H3. The van der Waals surface area contributed by atoms with Gasteiger partial charge >= 0.3 is 0 Å². The fraction of sp³-hybridized carbons (Fsp3) is 1.00. The molecule has 0 aromatic heterocycles. The second-order valence-electron chi connectivity index (χ2n) is 3.83. The molecule has 58 valence electrons. The normalized spacial score (nSPS) is 36.3. The Morgan fingerprint density at radius 2 is 2.30 bits per heavy atom. The highest BCUT2D eigenvalue weighted by Crippen LogP contribution is 2.40. The Balaban J connectivity index is 1.92. The van der Waals surface area contributed by atoms with Crippen LogP contribution in [0.3, 0.4) is 0 Å². The summed E-state index contributed by atoms with van der Waals surface area (Å²) in [5, 5.41) is 6.72. The lowest BCUT2D eigenvalue weighted by molar-refractivity contribution is 0.173. The number of hydrogen-bond acceptors (Lipinski definition) is 2. The van der Waals surface area contributed by atoms with Crippen LogP contribution >= 0.6 is 0 Å². The van der Waals surface area contributed by atoms with Crippen molar-refractivity contribution in [1.29, 1.82) is 0 Å². The van der Waals surface area contributed by atoms with Gasteiger partial charge < -0.3 is 10.6 Å². The third kappa shape index (κ3) is 0.867. The minimum atomic E-state index is 0.716. The molecule has 0 amide bonds. The fourth-order valence-corrected chi connectivity index (χ4v) is 2.25. The first kappa shape index (κ1) is 6.62. The van der Waals surface area contributed by atoms with Crippen LogP contribution in [0.25, 0.3) is 0 Å². The molecule has 2 N–H and O–H groups in total. The number of rotatable bonds is 1. The molecule has 1 saturated carbocycles. The predicted octanol–water partition coefficient (Wildman–Crippen LogP) is 0.348. The highest BCUT2D eigenvalue weighted by molar-refractivity contribution is 5.00. The van der Waals surface area contributed by atoms with Gasteiger partial charge in [-0.1, -0.05) is 0 Å². The van der Waals surface area contributed by atoms with Crippen LogP contribution in [0.1, 0.15) is 19.3 Å². The zero-order valence-electron chi connectivity index (χ0n) is 6.61. The lowest BCUT2D eigenvalue weighted by Crippen LogP contribution is -2.52. The maximum absolute atomic E-state index is 3.36. The van der Waals surface area contributed by atoms with Crippen molar-refractivity contribution in [3.05, 3.63) is 0 Å². The molecular formula is C8H16N2. The van der Waals surface area contributed by atoms with Crippen LogP contribution in [-0.4, -0.2) is 26.2 Å². The van der Waals surface area contributed by atoms with Crippen LogP contribution < -0.4 is 10.6 Å². The van der Waals surface area contributed by atoms with Crippen LogP contribution in [0.5, 0.6) is 0 Å². The lowest BCUT2D eigenvalue weighted by Gasteiger charge is -2.39. The zero-order valence-corrected chi connectivity index (χ0v) is 6.61. The molecule has 1 heterocycles. The van der Waals surface area contributed by atoms with E-state index < -0.39 is 0 Å². The Bertz CT molecular complexity index is 129. The van der Waals surface area contributed by atoms with Gasteiger partial charge in [-0.2, -0.15) is 0 Å². The van der Waals surface area contributed by atoms with E-state index in [1.54, 1.807) is 0 Å². The van der Waals surface area contributed by atoms with E-state index in [1.165, 1.54) is 32.4 Å². The fourth-order valence-electron chi connectivity index (χ4n) is 2.25. The Labute approximate surface area is 62.4 Å². The van der Waals surface area contributed by atoms with Crippen molar-refractivity contribution in [3.8, 4) is 0 Å². The summed E-state index contributed by atoms with van der Waals surface area (Å²) in [6.07, 6.45) is 4.22. The van der Waals surface area contributed by atoms with Crippen molar-refractivity contribution in [2.24, 2.45) is 5.41 Å². The molecule has 2 nitrogen and oxygen atoms in total. The molecular weight excluding hydrogens is 124 g/mol. The van der Waals surface area contributed by atoms with Crippen LogP contribution in [0.4, 0.5) is 0 Å². The predicted molar refractivity (Wildman–Crippen MR) is 42.0 cm³/mol. The highest BCUT2D eigenvalue weighted by Gasteiger charge is 2.42. The average Bonchev–Trinajstić information content (AvgIpc) is 2.29. The quantitative estimate of drug-likeness (QED) is 0.549. The van der Waals surface area contributed by atoms with Gasteiger partial charge in [-0.3, -0.25) is 0 Å². The second kappa shape index (κ2) is 2.21. The maximum atomic E-state index is 3.36. The third-order valence-corrected chi connectivity index (χ3v) is 3.11. The summed E-state index contributed by atoms with van der Waals surface area (Å²) in [7, 11) is 2.08. The molecule has 2 rings (SSSR count). The summed E-state index contributed by atoms with van der Waals surface area (Å²) in [5.41, 5.74) is 0.716. The van der Waals surface area contributed by atoms with Gasteiger partial charge in [0.05, 0.1) is 0 Å². The van der Waals surface area contributed by atoms with Gasteiger partial charge in [0.2, 0.25) is 0 Å². The van der Waals surface area contributed by atoms with Gasteiger partial charge in [-0.15, -0.1) is 0 Å². The SMILES string of the molecule is CNC1CCC2(CNC2)C1. The first-order chi connectivity index (χ1) is 4.85. The van der Waals surface area contributed by atoms with E-state index >= 15 is 0 Å². The van der Waals surface area contributed by atoms with Gasteiger partial charge in [0.15, 0.2) is 0 Å². The zero-order chi connectivity index (χ0) is 7.03. The Morgan fingerprint density at radius 1 is 1.50 bits per heavy atom. The van der Waals surface area contributed by atoms with Gasteiger partial charge in [0, 0.05) is 19.1 Å². The highest BCUT2D eigenvalue weighted by atomic mass is 15.0. The van der Waals surface area contributed by atoms with Crippen molar-refractivity contribution >= 4 is 0 Å². The van der Waals surface area contributed by atoms with Gasteiger partial charge in [-0.05, 0) is 31.7 Å². The minimum absolute atomic E-state index is 0.716. The first-order valence-corrected chi connectivity index (χ1v) is 4.23. The molecule has 1 spiro atoms. The monoisotopic (exact) mass is 140 g/mol. The Morgan fingerprint density at radius 3 is 2.60 bits per heavy atom. The molecule has 1 atom stereocenters. The van der Waals surface area contributed by atoms with Crippen molar-refractivity contribution in [2.75, 3.05) is 20.1 Å². The maximum Gasteiger partial charge on any atom is 0.00705 e. The molecule has 0 aromatic carbocycles. The van der Waals surface area contributed by atoms with E-state index in [9.17, 15) is 0 Å². The molecule has 1 aliphatic heterocycles. The molecule has 2 fully saturated rings. The van der Waals surface area contributed by atoms with Gasteiger partial charge in [0.1, 0.15) is 0 Å². The topological polar surface area (TPSA) is 24.1 Å². The molecule has 2 aliphatic rings. The van der Waals surface area contributed by atoms with Gasteiger partial charge in [-0.25, -0.2) is 0 Å². The van der Waals surface area contributed by atoms with E-state index in [0.29, 0.717) is 5.41 Å². The van der Waals surface area contributed by atoms with E-state index in [2.05, 4.69) is 17.7 Å². The van der Waals surface area contributed by atoms with Crippen LogP contribution in [0.15, 0.2) is 0 Å². The van der Waals surface area contributed by atoms with Crippen molar-refractivity contribution in [3.63, 3.8) is 0 Å². The molecule has 1 unspecified atom stereocenters. The summed E-state index contributed by atoms with van der Waals surface area (Å²) in [6, 6.07) is 0.807. The Kier molecular flexibility index (Phi) is 1.46. The largest absolute Gasteiger partial charge is 0.317 e. The van der Waals surface area contributed by atoms with Crippen LogP contribution in [0.2, 0.25) is 0 Å². The third-order valence-electron chi connectivity index (χ3n) is 3.11. The lowest BCUT2D eigenvalue weighted by atomic mass is 9.80. The Hall–Kier alpha value is -0.0800. The summed E-state index contributed by atoms with van der Waals surface area (Å²) in [6.45, 7) is 2.54. The average molecular weight is 140 g/mol. The molecule has 0 radical (unpaired) electrons. The van der Waals surface area contributed by atoms with E-state index in [0.717, 1.165) is 6.04 Å².